The number of nitrogens with zero attached hydrogens (tertiary/aromatic N) is 2. The maximum atomic E-state index is 12.8. The van der Waals surface area contributed by atoms with E-state index in [1.807, 2.05) is 69.4 Å². The maximum Gasteiger partial charge on any atom is 0.321 e. The number of urea groups is 1. The van der Waals surface area contributed by atoms with E-state index in [1.54, 1.807) is 9.80 Å². The van der Waals surface area contributed by atoms with Crippen LogP contribution in [-0.2, 0) is 4.79 Å². The third-order valence-electron chi connectivity index (χ3n) is 5.55. The highest BCUT2D eigenvalue weighted by atomic mass is 16.5. The zero-order valence-corrected chi connectivity index (χ0v) is 18.1. The molecule has 1 aliphatic heterocycles. The number of carbonyl (C=O) groups excluding carboxylic acids is 2. The van der Waals surface area contributed by atoms with Crippen molar-refractivity contribution in [1.29, 1.82) is 0 Å². The molecule has 2 aromatic carbocycles. The number of benzene rings is 2. The van der Waals surface area contributed by atoms with Crippen molar-refractivity contribution < 1.29 is 14.3 Å². The van der Waals surface area contributed by atoms with Gasteiger partial charge in [-0.05, 0) is 56.0 Å². The largest absolute Gasteiger partial charge is 0.491 e. The van der Waals surface area contributed by atoms with E-state index in [0.29, 0.717) is 39.1 Å². The summed E-state index contributed by atoms with van der Waals surface area (Å²) < 4.78 is 5.80. The summed E-state index contributed by atoms with van der Waals surface area (Å²) in [5, 5.41) is 2.94. The van der Waals surface area contributed by atoms with Crippen molar-refractivity contribution in [3.05, 3.63) is 59.7 Å². The molecule has 0 saturated carbocycles. The number of carbonyl (C=O) groups is 2. The van der Waals surface area contributed by atoms with Crippen LogP contribution in [0.3, 0.4) is 0 Å². The number of likely N-dealkylation sites (N-methyl/N-ethyl adjacent to an activating group) is 1. The van der Waals surface area contributed by atoms with Gasteiger partial charge < -0.3 is 19.9 Å². The van der Waals surface area contributed by atoms with E-state index in [1.165, 1.54) is 0 Å². The number of amides is 3. The molecule has 0 spiro atoms. The molecular formula is C24H31N3O3. The monoisotopic (exact) mass is 409 g/mol. The molecule has 1 heterocycles. The van der Waals surface area contributed by atoms with Gasteiger partial charge in [0.05, 0.1) is 6.54 Å². The lowest BCUT2D eigenvalue weighted by Crippen LogP contribution is -2.45. The van der Waals surface area contributed by atoms with Crippen molar-refractivity contribution in [1.82, 2.24) is 9.80 Å². The van der Waals surface area contributed by atoms with Gasteiger partial charge in [0.2, 0.25) is 5.91 Å². The van der Waals surface area contributed by atoms with E-state index in [9.17, 15) is 9.59 Å². The number of hydrogen-bond acceptors (Lipinski definition) is 3. The van der Waals surface area contributed by atoms with Crippen molar-refractivity contribution in [3.8, 4) is 5.75 Å². The summed E-state index contributed by atoms with van der Waals surface area (Å²) >= 11 is 0. The molecule has 0 bridgehead atoms. The topological polar surface area (TPSA) is 61.9 Å². The summed E-state index contributed by atoms with van der Waals surface area (Å²) in [4.78, 5) is 28.8. The van der Waals surface area contributed by atoms with Gasteiger partial charge in [-0.15, -0.1) is 0 Å². The van der Waals surface area contributed by atoms with Crippen LogP contribution in [0.2, 0.25) is 0 Å². The number of anilines is 1. The number of aryl methyl sites for hydroxylation is 2. The van der Waals surface area contributed by atoms with Crippen molar-refractivity contribution in [2.75, 3.05) is 38.6 Å². The van der Waals surface area contributed by atoms with Crippen LogP contribution in [0, 0.1) is 19.8 Å². The third kappa shape index (κ3) is 5.75. The van der Waals surface area contributed by atoms with Gasteiger partial charge in [0.15, 0.2) is 0 Å². The van der Waals surface area contributed by atoms with Crippen LogP contribution in [0.25, 0.3) is 0 Å². The molecule has 1 fully saturated rings. The second kappa shape index (κ2) is 10.1. The van der Waals surface area contributed by atoms with Crippen molar-refractivity contribution in [2.24, 2.45) is 5.92 Å². The summed E-state index contributed by atoms with van der Waals surface area (Å²) in [7, 11) is 1.82. The number of rotatable bonds is 6. The van der Waals surface area contributed by atoms with Crippen LogP contribution in [-0.4, -0.2) is 55.0 Å². The molecular weight excluding hydrogens is 378 g/mol. The molecule has 1 N–H and O–H groups in total. The smallest absolute Gasteiger partial charge is 0.321 e. The molecule has 1 aliphatic rings. The maximum absolute atomic E-state index is 12.8. The first kappa shape index (κ1) is 21.7. The molecule has 1 saturated heterocycles. The fourth-order valence-corrected chi connectivity index (χ4v) is 3.69. The number of ether oxygens (including phenoxy) is 1. The first-order chi connectivity index (χ1) is 14.4. The van der Waals surface area contributed by atoms with E-state index in [4.69, 9.17) is 4.74 Å². The van der Waals surface area contributed by atoms with Gasteiger partial charge in [-0.1, -0.05) is 30.3 Å². The average molecular weight is 410 g/mol. The number of para-hydroxylation sites is 1. The summed E-state index contributed by atoms with van der Waals surface area (Å²) in [5.41, 5.74) is 2.99. The van der Waals surface area contributed by atoms with E-state index in [-0.39, 0.29) is 17.9 Å². The Morgan fingerprint density at radius 2 is 1.83 bits per heavy atom. The zero-order chi connectivity index (χ0) is 21.5. The van der Waals surface area contributed by atoms with E-state index in [2.05, 4.69) is 5.32 Å². The zero-order valence-electron chi connectivity index (χ0n) is 18.1. The number of hydrogen-bond donors (Lipinski definition) is 1. The highest BCUT2D eigenvalue weighted by molar-refractivity contribution is 5.89. The van der Waals surface area contributed by atoms with E-state index >= 15 is 0 Å². The molecule has 30 heavy (non-hydrogen) atoms. The summed E-state index contributed by atoms with van der Waals surface area (Å²) in [6.45, 7) is 6.18. The van der Waals surface area contributed by atoms with Gasteiger partial charge in [0.25, 0.3) is 0 Å². The van der Waals surface area contributed by atoms with Crippen LogP contribution in [0.15, 0.2) is 48.5 Å². The Morgan fingerprint density at radius 1 is 1.10 bits per heavy atom. The summed E-state index contributed by atoms with van der Waals surface area (Å²) in [5.74, 6) is 0.935. The Balaban J connectivity index is 1.41. The molecule has 3 amide bonds. The Morgan fingerprint density at radius 3 is 2.53 bits per heavy atom. The number of nitrogens with one attached hydrogen (secondary N) is 1. The van der Waals surface area contributed by atoms with E-state index < -0.39 is 0 Å². The second-order valence-electron chi connectivity index (χ2n) is 7.93. The average Bonchev–Trinajstić information content (AvgIpc) is 2.74. The summed E-state index contributed by atoms with van der Waals surface area (Å²) in [6, 6.07) is 15.5. The quantitative estimate of drug-likeness (QED) is 0.782. The Bertz CT molecular complexity index is 876. The first-order valence-electron chi connectivity index (χ1n) is 10.5. The number of piperidine rings is 1. The standard InChI is InChI=1S/C24H31N3O3/c1-18-7-6-9-21(17-18)25-24(29)27-13-11-20(12-14-27)23(28)26(3)15-16-30-22-10-5-4-8-19(22)2/h4-10,17,20H,11-16H2,1-3H3,(H,25,29). The lowest BCUT2D eigenvalue weighted by atomic mass is 9.95. The molecule has 0 aromatic heterocycles. The minimum atomic E-state index is -0.105. The predicted molar refractivity (Wildman–Crippen MR) is 119 cm³/mol. The van der Waals surface area contributed by atoms with E-state index in [0.717, 1.165) is 22.6 Å². The van der Waals surface area contributed by atoms with Crippen molar-refractivity contribution in [2.45, 2.75) is 26.7 Å². The van der Waals surface area contributed by atoms with Crippen LogP contribution >= 0.6 is 0 Å². The number of likely N-dealkylation sites (tertiary alicyclic amines) is 1. The minimum Gasteiger partial charge on any atom is -0.491 e. The lowest BCUT2D eigenvalue weighted by molar-refractivity contribution is -0.135. The van der Waals surface area contributed by atoms with Crippen molar-refractivity contribution in [3.63, 3.8) is 0 Å². The van der Waals surface area contributed by atoms with Crippen LogP contribution in [0.1, 0.15) is 24.0 Å². The molecule has 2 aromatic rings. The Hall–Kier alpha value is -3.02. The molecule has 0 aliphatic carbocycles. The van der Waals surface area contributed by atoms with Crippen LogP contribution in [0.4, 0.5) is 10.5 Å². The highest BCUT2D eigenvalue weighted by Gasteiger charge is 2.29. The summed E-state index contributed by atoms with van der Waals surface area (Å²) in [6.07, 6.45) is 1.37. The fourth-order valence-electron chi connectivity index (χ4n) is 3.69. The molecule has 6 heteroatoms. The van der Waals surface area contributed by atoms with Gasteiger partial charge in [-0.3, -0.25) is 4.79 Å². The normalized spacial score (nSPS) is 14.3. The van der Waals surface area contributed by atoms with Crippen LogP contribution < -0.4 is 10.1 Å². The van der Waals surface area contributed by atoms with Crippen LogP contribution in [0.5, 0.6) is 5.75 Å². The third-order valence-corrected chi connectivity index (χ3v) is 5.55. The second-order valence-corrected chi connectivity index (χ2v) is 7.93. The van der Waals surface area contributed by atoms with Gasteiger partial charge in [0.1, 0.15) is 12.4 Å². The van der Waals surface area contributed by atoms with Gasteiger partial charge >= 0.3 is 6.03 Å². The SMILES string of the molecule is Cc1cccc(NC(=O)N2CCC(C(=O)N(C)CCOc3ccccc3C)CC2)c1. The Labute approximate surface area is 178 Å². The minimum absolute atomic E-state index is 0.0449. The predicted octanol–water partition coefficient (Wildman–Crippen LogP) is 4.08. The fraction of sp³-hybridized carbons (Fsp3) is 0.417. The lowest BCUT2D eigenvalue weighted by Gasteiger charge is -2.33. The van der Waals surface area contributed by atoms with Gasteiger partial charge in [-0.25, -0.2) is 4.79 Å². The first-order valence-corrected chi connectivity index (χ1v) is 10.5. The molecule has 0 atom stereocenters. The molecule has 0 unspecified atom stereocenters. The van der Waals surface area contributed by atoms with Gasteiger partial charge in [0, 0.05) is 31.7 Å². The molecule has 0 radical (unpaired) electrons. The molecule has 160 valence electrons. The molecule has 3 rings (SSSR count). The molecule has 6 nitrogen and oxygen atoms in total. The van der Waals surface area contributed by atoms with Gasteiger partial charge in [-0.2, -0.15) is 0 Å². The van der Waals surface area contributed by atoms with Crippen molar-refractivity contribution >= 4 is 17.6 Å². The Kier molecular flexibility index (Phi) is 7.33. The highest BCUT2D eigenvalue weighted by Crippen LogP contribution is 2.21.